The minimum atomic E-state index is -4.64. The number of nitrogens with one attached hydrogen (secondary N) is 1. The van der Waals surface area contributed by atoms with Crippen molar-refractivity contribution in [2.24, 2.45) is 0 Å². The average molecular weight is 333 g/mol. The van der Waals surface area contributed by atoms with Gasteiger partial charge in [-0.15, -0.1) is 0 Å². The van der Waals surface area contributed by atoms with Crippen molar-refractivity contribution >= 4 is 11.6 Å². The molecule has 0 fully saturated rings. The van der Waals surface area contributed by atoms with E-state index in [-0.39, 0.29) is 17.1 Å². The highest BCUT2D eigenvalue weighted by molar-refractivity contribution is 6.03. The molecule has 0 bridgehead atoms. The summed E-state index contributed by atoms with van der Waals surface area (Å²) in [5.74, 6) is -0.777. The average Bonchev–Trinajstić information content (AvgIpc) is 3.09. The number of halogens is 3. The Morgan fingerprint density at radius 1 is 1.17 bits per heavy atom. The topological polar surface area (TPSA) is 72.7 Å². The Morgan fingerprint density at radius 2 is 2.00 bits per heavy atom. The summed E-state index contributed by atoms with van der Waals surface area (Å²) in [4.78, 5) is 19.5. The van der Waals surface area contributed by atoms with E-state index in [0.29, 0.717) is 0 Å². The Morgan fingerprint density at radius 3 is 2.62 bits per heavy atom. The molecule has 0 atom stereocenters. The number of aromatic nitrogens is 4. The molecule has 3 aromatic rings. The van der Waals surface area contributed by atoms with Gasteiger partial charge in [0.25, 0.3) is 5.91 Å². The molecule has 9 heteroatoms. The van der Waals surface area contributed by atoms with E-state index in [4.69, 9.17) is 0 Å². The minimum Gasteiger partial charge on any atom is -0.320 e. The Bertz CT molecular complexity index is 847. The first-order valence-electron chi connectivity index (χ1n) is 6.74. The zero-order valence-corrected chi connectivity index (χ0v) is 12.0. The molecule has 0 unspecified atom stereocenters. The van der Waals surface area contributed by atoms with Crippen LogP contribution < -0.4 is 5.32 Å². The molecule has 24 heavy (non-hydrogen) atoms. The zero-order chi connectivity index (χ0) is 17.2. The van der Waals surface area contributed by atoms with Crippen LogP contribution in [0.3, 0.4) is 0 Å². The Labute approximate surface area is 134 Å². The van der Waals surface area contributed by atoms with Gasteiger partial charge in [-0.2, -0.15) is 18.3 Å². The van der Waals surface area contributed by atoms with E-state index in [1.165, 1.54) is 47.8 Å². The van der Waals surface area contributed by atoms with Gasteiger partial charge in [-0.3, -0.25) is 9.78 Å². The van der Waals surface area contributed by atoms with Crippen molar-refractivity contribution in [3.63, 3.8) is 0 Å². The third-order valence-electron chi connectivity index (χ3n) is 3.12. The number of hydrogen-bond donors (Lipinski definition) is 1. The van der Waals surface area contributed by atoms with Gasteiger partial charge in [0.2, 0.25) is 0 Å². The molecule has 0 aliphatic rings. The van der Waals surface area contributed by atoms with Gasteiger partial charge in [-0.1, -0.05) is 0 Å². The maximum atomic E-state index is 13.3. The van der Waals surface area contributed by atoms with Crippen LogP contribution in [0.4, 0.5) is 18.9 Å². The van der Waals surface area contributed by atoms with Gasteiger partial charge in [0.1, 0.15) is 5.69 Å². The Balaban J connectivity index is 1.97. The molecule has 1 N–H and O–H groups in total. The lowest BCUT2D eigenvalue weighted by atomic mass is 10.1. The molecule has 1 aromatic carbocycles. The number of alkyl halides is 3. The van der Waals surface area contributed by atoms with Crippen LogP contribution in [0.15, 0.2) is 55.2 Å². The van der Waals surface area contributed by atoms with Crippen LogP contribution in [0.5, 0.6) is 0 Å². The molecular formula is C15H10F3N5O. The van der Waals surface area contributed by atoms with Crippen LogP contribution in [0.2, 0.25) is 0 Å². The minimum absolute atomic E-state index is 0.0817. The third kappa shape index (κ3) is 3.24. The van der Waals surface area contributed by atoms with Gasteiger partial charge in [0, 0.05) is 24.8 Å². The van der Waals surface area contributed by atoms with Crippen LogP contribution in [-0.4, -0.2) is 25.7 Å². The summed E-state index contributed by atoms with van der Waals surface area (Å²) in [6, 6.07) is 5.11. The summed E-state index contributed by atoms with van der Waals surface area (Å²) in [7, 11) is 0. The maximum Gasteiger partial charge on any atom is 0.418 e. The SMILES string of the molecule is O=C(Nc1ccc(-n2cccn2)cc1C(F)(F)F)c1cnccn1. The summed E-state index contributed by atoms with van der Waals surface area (Å²) in [5.41, 5.74) is -1.20. The molecule has 0 radical (unpaired) electrons. The number of hydrogen-bond acceptors (Lipinski definition) is 4. The van der Waals surface area contributed by atoms with E-state index >= 15 is 0 Å². The Hall–Kier alpha value is -3.23. The molecular weight excluding hydrogens is 323 g/mol. The van der Waals surface area contributed by atoms with Crippen molar-refractivity contribution in [3.8, 4) is 5.69 Å². The predicted molar refractivity (Wildman–Crippen MR) is 78.6 cm³/mol. The first-order valence-corrected chi connectivity index (χ1v) is 6.74. The van der Waals surface area contributed by atoms with Gasteiger partial charge >= 0.3 is 6.18 Å². The van der Waals surface area contributed by atoms with Crippen molar-refractivity contribution in [1.29, 1.82) is 0 Å². The van der Waals surface area contributed by atoms with Gasteiger partial charge in [0.15, 0.2) is 0 Å². The quantitative estimate of drug-likeness (QED) is 0.800. The number of nitrogens with zero attached hydrogens (tertiary/aromatic N) is 4. The number of amides is 1. The van der Waals surface area contributed by atoms with E-state index in [9.17, 15) is 18.0 Å². The van der Waals surface area contributed by atoms with Crippen LogP contribution in [-0.2, 0) is 6.18 Å². The fourth-order valence-electron chi connectivity index (χ4n) is 2.04. The van der Waals surface area contributed by atoms with Crippen molar-refractivity contribution in [1.82, 2.24) is 19.7 Å². The molecule has 0 saturated carbocycles. The van der Waals surface area contributed by atoms with Gasteiger partial charge in [0.05, 0.1) is 23.1 Å². The lowest BCUT2D eigenvalue weighted by molar-refractivity contribution is -0.136. The van der Waals surface area contributed by atoms with E-state index in [0.717, 1.165) is 6.07 Å². The molecule has 0 aliphatic heterocycles. The molecule has 3 rings (SSSR count). The number of rotatable bonds is 3. The summed E-state index contributed by atoms with van der Waals surface area (Å²) in [6.07, 6.45) is 2.14. The van der Waals surface area contributed by atoms with Gasteiger partial charge in [-0.05, 0) is 24.3 Å². The van der Waals surface area contributed by atoms with Crippen LogP contribution in [0.25, 0.3) is 5.69 Å². The summed E-state index contributed by atoms with van der Waals surface area (Å²) in [5, 5.41) is 6.11. The fourth-order valence-corrected chi connectivity index (χ4v) is 2.04. The number of benzene rings is 1. The second kappa shape index (κ2) is 6.11. The summed E-state index contributed by atoms with van der Waals surface area (Å²) in [6.45, 7) is 0. The number of carbonyl (C=O) groups excluding carboxylic acids is 1. The lowest BCUT2D eigenvalue weighted by Crippen LogP contribution is -2.18. The smallest absolute Gasteiger partial charge is 0.320 e. The number of anilines is 1. The summed E-state index contributed by atoms with van der Waals surface area (Å²) >= 11 is 0. The molecule has 1 amide bonds. The predicted octanol–water partition coefficient (Wildman–Crippen LogP) is 2.93. The van der Waals surface area contributed by atoms with E-state index in [1.807, 2.05) is 0 Å². The van der Waals surface area contributed by atoms with E-state index < -0.39 is 17.6 Å². The maximum absolute atomic E-state index is 13.3. The van der Waals surface area contributed by atoms with Crippen molar-refractivity contribution in [2.45, 2.75) is 6.18 Å². The van der Waals surface area contributed by atoms with E-state index in [1.54, 1.807) is 6.07 Å². The largest absolute Gasteiger partial charge is 0.418 e. The van der Waals surface area contributed by atoms with Crippen LogP contribution >= 0.6 is 0 Å². The third-order valence-corrected chi connectivity index (χ3v) is 3.12. The lowest BCUT2D eigenvalue weighted by Gasteiger charge is -2.15. The zero-order valence-electron chi connectivity index (χ0n) is 12.0. The second-order valence-electron chi connectivity index (χ2n) is 4.72. The van der Waals surface area contributed by atoms with Crippen LogP contribution in [0.1, 0.15) is 16.1 Å². The van der Waals surface area contributed by atoms with Crippen molar-refractivity contribution in [3.05, 3.63) is 66.5 Å². The molecule has 0 saturated heterocycles. The summed E-state index contributed by atoms with van der Waals surface area (Å²) < 4.78 is 41.2. The highest BCUT2D eigenvalue weighted by Gasteiger charge is 2.34. The van der Waals surface area contributed by atoms with Crippen molar-refractivity contribution in [2.75, 3.05) is 5.32 Å². The normalized spacial score (nSPS) is 11.3. The fraction of sp³-hybridized carbons (Fsp3) is 0.0667. The molecule has 0 aliphatic carbocycles. The molecule has 0 spiro atoms. The highest BCUT2D eigenvalue weighted by Crippen LogP contribution is 2.36. The monoisotopic (exact) mass is 333 g/mol. The molecule has 2 heterocycles. The first-order chi connectivity index (χ1) is 11.4. The van der Waals surface area contributed by atoms with Gasteiger partial charge in [-0.25, -0.2) is 9.67 Å². The van der Waals surface area contributed by atoms with E-state index in [2.05, 4.69) is 20.4 Å². The van der Waals surface area contributed by atoms with Crippen LogP contribution in [0, 0.1) is 0 Å². The highest BCUT2D eigenvalue weighted by atomic mass is 19.4. The molecule has 6 nitrogen and oxygen atoms in total. The van der Waals surface area contributed by atoms with Gasteiger partial charge < -0.3 is 5.32 Å². The van der Waals surface area contributed by atoms with Crippen molar-refractivity contribution < 1.29 is 18.0 Å². The molecule has 122 valence electrons. The second-order valence-corrected chi connectivity index (χ2v) is 4.72. The first kappa shape index (κ1) is 15.7. The Kier molecular flexibility index (Phi) is 3.98. The number of carbonyl (C=O) groups is 1. The standard InChI is InChI=1S/C15H10F3N5O/c16-15(17,18)11-8-10(23-7-1-4-21-23)2-3-12(11)22-14(24)13-9-19-5-6-20-13/h1-9H,(H,22,24). The molecule has 2 aromatic heterocycles.